The number of anilines is 2. The van der Waals surface area contributed by atoms with Crippen LogP contribution < -0.4 is 30.7 Å². The molecule has 0 bridgehead atoms. The molecular weight excluding hydrogens is 1030 g/mol. The van der Waals surface area contributed by atoms with E-state index in [0.717, 1.165) is 33.5 Å². The molecule has 2 aliphatic rings. The molecule has 0 radical (unpaired) electrons. The van der Waals surface area contributed by atoms with Crippen LogP contribution in [0.1, 0.15) is 188 Å². The van der Waals surface area contributed by atoms with Crippen molar-refractivity contribution in [2.75, 3.05) is 24.7 Å². The number of nitrogens with one attached hydrogen (secondary N) is 4. The molecule has 10 rings (SSSR count). The zero-order valence-corrected chi connectivity index (χ0v) is 53.3. The van der Waals surface area contributed by atoms with Gasteiger partial charge in [0.15, 0.2) is 11.3 Å². The number of fused-ring (bicyclic) bond motifs is 2. The van der Waals surface area contributed by atoms with Crippen molar-refractivity contribution in [3.05, 3.63) is 129 Å². The van der Waals surface area contributed by atoms with E-state index in [1.165, 1.54) is 103 Å². The number of aromatic nitrogens is 9. The molecule has 0 saturated heterocycles. The van der Waals surface area contributed by atoms with Gasteiger partial charge in [0.2, 0.25) is 5.88 Å². The molecule has 0 spiro atoms. The molecule has 17 nitrogen and oxygen atoms in total. The Bertz CT molecular complexity index is 2510. The molecular formula is C65H103N13O4. The first-order valence-electron chi connectivity index (χ1n) is 30.3. The highest BCUT2D eigenvalue weighted by Gasteiger charge is 2.11. The third kappa shape index (κ3) is 29.0. The van der Waals surface area contributed by atoms with Crippen LogP contribution in [0.25, 0.3) is 33.5 Å². The van der Waals surface area contributed by atoms with Crippen molar-refractivity contribution in [1.82, 2.24) is 54.8 Å². The van der Waals surface area contributed by atoms with Crippen molar-refractivity contribution >= 4 is 34.7 Å². The Morgan fingerprint density at radius 2 is 0.744 bits per heavy atom. The van der Waals surface area contributed by atoms with Gasteiger partial charge < -0.3 is 30.7 Å². The van der Waals surface area contributed by atoms with Gasteiger partial charge in [0.05, 0.1) is 42.4 Å². The molecule has 4 amide bonds. The number of hydrogen-bond acceptors (Lipinski definition) is 11. The zero-order chi connectivity index (χ0) is 61.8. The molecule has 0 unspecified atom stereocenters. The normalized spacial score (nSPS) is 11.0. The molecule has 8 aromatic rings. The van der Waals surface area contributed by atoms with Gasteiger partial charge in [-0.2, -0.15) is 10.2 Å². The molecule has 2 saturated carbocycles. The molecule has 452 valence electrons. The average Bonchev–Trinajstić information content (AvgIpc) is 4.36. The molecule has 0 aliphatic heterocycles. The van der Waals surface area contributed by atoms with Crippen LogP contribution in [0.15, 0.2) is 129 Å². The molecule has 82 heavy (non-hydrogen) atoms. The number of amides is 4. The van der Waals surface area contributed by atoms with Crippen molar-refractivity contribution < 1.29 is 19.1 Å². The summed E-state index contributed by atoms with van der Waals surface area (Å²) < 4.78 is 14.8. The van der Waals surface area contributed by atoms with E-state index in [-0.39, 0.29) is 18.1 Å². The Labute approximate surface area is 493 Å². The van der Waals surface area contributed by atoms with Crippen LogP contribution >= 0.6 is 0 Å². The molecule has 17 heteroatoms. The van der Waals surface area contributed by atoms with Crippen molar-refractivity contribution in [2.24, 2.45) is 0 Å². The van der Waals surface area contributed by atoms with Crippen molar-refractivity contribution in [2.45, 2.75) is 188 Å². The largest absolute Gasteiger partial charge is 0.439 e. The minimum atomic E-state index is -0.343. The number of hydrogen-bond donors (Lipinski definition) is 4. The highest BCUT2D eigenvalue weighted by Crippen LogP contribution is 2.29. The first kappa shape index (κ1) is 76.1. The number of nitrogens with zero attached hydrogens (tertiary/aromatic N) is 9. The lowest BCUT2D eigenvalue weighted by molar-refractivity contribution is 0.253. The van der Waals surface area contributed by atoms with Gasteiger partial charge in [0.1, 0.15) is 11.5 Å². The SMILES string of the molecule is C1CCCCC1.C1CCCCC1.CC.CC.CC.CC.CC.CC.CC.CC.CNC(=O)Nc1ccc(Oc2ccc(-c3cnn4cccnc34)cc2)nc1.CNC(=O)Nc1cnc(Oc2ccc(-c3cnn4cccnc34)cc2)nc1. The average molecular weight is 1130 g/mol. The van der Waals surface area contributed by atoms with Crippen LogP contribution in [0.2, 0.25) is 0 Å². The van der Waals surface area contributed by atoms with Crippen LogP contribution in [-0.2, 0) is 0 Å². The van der Waals surface area contributed by atoms with E-state index >= 15 is 0 Å². The number of benzene rings is 2. The lowest BCUT2D eigenvalue weighted by Crippen LogP contribution is -2.24. The Morgan fingerprint density at radius 1 is 0.402 bits per heavy atom. The molecule has 6 aromatic heterocycles. The maximum absolute atomic E-state index is 11.3. The summed E-state index contributed by atoms with van der Waals surface area (Å²) in [6.07, 6.45) is 33.2. The van der Waals surface area contributed by atoms with Gasteiger partial charge >= 0.3 is 18.1 Å². The summed E-state index contributed by atoms with van der Waals surface area (Å²) in [6.45, 7) is 32.0. The second-order valence-corrected chi connectivity index (χ2v) is 15.4. The summed E-state index contributed by atoms with van der Waals surface area (Å²) in [5, 5.41) is 18.7. The van der Waals surface area contributed by atoms with Crippen molar-refractivity contribution in [3.63, 3.8) is 0 Å². The van der Waals surface area contributed by atoms with E-state index in [2.05, 4.69) is 56.4 Å². The Kier molecular flexibility index (Phi) is 47.5. The Balaban J connectivity index is 0. The third-order valence-electron chi connectivity index (χ3n) is 10.7. The number of carbonyl (C=O) groups is 2. The lowest BCUT2D eigenvalue weighted by Gasteiger charge is -2.07. The maximum atomic E-state index is 11.3. The van der Waals surface area contributed by atoms with Gasteiger partial charge in [-0.15, -0.1) is 0 Å². The molecule has 2 fully saturated rings. The fourth-order valence-corrected chi connectivity index (χ4v) is 7.15. The van der Waals surface area contributed by atoms with Crippen LogP contribution in [0.3, 0.4) is 0 Å². The van der Waals surface area contributed by atoms with E-state index in [1.807, 2.05) is 184 Å². The fraction of sp³-hybridized carbons (Fsp3) is 0.462. The zero-order valence-electron chi connectivity index (χ0n) is 53.3. The van der Waals surface area contributed by atoms with E-state index < -0.39 is 0 Å². The number of rotatable bonds is 8. The van der Waals surface area contributed by atoms with Crippen molar-refractivity contribution in [3.8, 4) is 45.6 Å². The number of carbonyl (C=O) groups excluding carboxylic acids is 2. The van der Waals surface area contributed by atoms with Crippen LogP contribution in [-0.4, -0.2) is 70.3 Å². The van der Waals surface area contributed by atoms with Crippen molar-refractivity contribution in [1.29, 1.82) is 0 Å². The molecule has 6 heterocycles. The van der Waals surface area contributed by atoms with Gasteiger partial charge in [-0.1, -0.05) is 212 Å². The van der Waals surface area contributed by atoms with E-state index in [0.29, 0.717) is 28.8 Å². The lowest BCUT2D eigenvalue weighted by atomic mass is 10.0. The highest BCUT2D eigenvalue weighted by molar-refractivity contribution is 5.89. The fourth-order valence-electron chi connectivity index (χ4n) is 7.15. The summed E-state index contributed by atoms with van der Waals surface area (Å²) in [4.78, 5) is 43.6. The minimum absolute atomic E-state index is 0.183. The summed E-state index contributed by atoms with van der Waals surface area (Å²) in [7, 11) is 3.08. The minimum Gasteiger partial charge on any atom is -0.439 e. The van der Waals surface area contributed by atoms with Crippen LogP contribution in [0, 0.1) is 0 Å². The Morgan fingerprint density at radius 3 is 1.09 bits per heavy atom. The van der Waals surface area contributed by atoms with Gasteiger partial charge in [0.25, 0.3) is 0 Å². The maximum Gasteiger partial charge on any atom is 0.322 e. The molecule has 0 atom stereocenters. The predicted molar refractivity (Wildman–Crippen MR) is 346 cm³/mol. The van der Waals surface area contributed by atoms with Gasteiger partial charge in [-0.05, 0) is 53.6 Å². The molecule has 2 aromatic carbocycles. The Hall–Kier alpha value is -7.95. The van der Waals surface area contributed by atoms with E-state index in [4.69, 9.17) is 9.47 Å². The van der Waals surface area contributed by atoms with Gasteiger partial charge in [-0.25, -0.2) is 43.5 Å². The van der Waals surface area contributed by atoms with E-state index in [9.17, 15) is 9.59 Å². The summed E-state index contributed by atoms with van der Waals surface area (Å²) >= 11 is 0. The standard InChI is InChI=1S/C19H16N6O2.C18H15N7O2.2C6H12.8C2H6/c1-20-19(26)24-14-5-8-17(22-11-14)27-15-6-3-13(4-7-15)16-12-23-25-10-2-9-21-18(16)25;1-19-17(26)24-13-9-21-18(22-10-13)27-14-5-3-12(4-6-14)15-11-23-25-8-2-7-20-16(15)25;2*1-2-4-6-5-3-1;8*1-2/h2-12H,1H3,(H2,20,24,26);2-11H,1H3,(H2,19,24,26);2*1-6H2;8*1-2H3. The smallest absolute Gasteiger partial charge is 0.322 e. The second-order valence-electron chi connectivity index (χ2n) is 15.4. The first-order chi connectivity index (χ1) is 40.4. The summed E-state index contributed by atoms with van der Waals surface area (Å²) in [5.41, 5.74) is 6.49. The topological polar surface area (TPSA) is 200 Å². The van der Waals surface area contributed by atoms with E-state index in [1.54, 1.807) is 53.0 Å². The van der Waals surface area contributed by atoms with Gasteiger partial charge in [0, 0.05) is 56.1 Å². The highest BCUT2D eigenvalue weighted by atomic mass is 16.5. The summed E-state index contributed by atoms with van der Waals surface area (Å²) in [5.74, 6) is 1.68. The van der Waals surface area contributed by atoms with Gasteiger partial charge in [-0.3, -0.25) is 0 Å². The van der Waals surface area contributed by atoms with Crippen LogP contribution in [0.4, 0.5) is 21.0 Å². The van der Waals surface area contributed by atoms with Crippen LogP contribution in [0.5, 0.6) is 23.4 Å². The predicted octanol–water partition coefficient (Wildman–Crippen LogP) is 19.0. The quantitative estimate of drug-likeness (QED) is 0.113. The first-order valence-corrected chi connectivity index (χ1v) is 30.3. The number of ether oxygens (including phenoxy) is 2. The monoisotopic (exact) mass is 1130 g/mol. The number of urea groups is 2. The summed E-state index contributed by atoms with van der Waals surface area (Å²) in [6, 6.07) is 21.7. The molecule has 2 aliphatic carbocycles. The molecule has 4 N–H and O–H groups in total. The number of pyridine rings is 1. The third-order valence-corrected chi connectivity index (χ3v) is 10.7. The second kappa shape index (κ2) is 51.2.